The molecule has 0 fully saturated rings. The van der Waals surface area contributed by atoms with Gasteiger partial charge >= 0.3 is 5.97 Å². The van der Waals surface area contributed by atoms with Crippen molar-refractivity contribution in [1.29, 1.82) is 0 Å². The second kappa shape index (κ2) is 6.49. The number of hydrogen-bond donors (Lipinski definition) is 2. The lowest BCUT2D eigenvalue weighted by molar-refractivity contribution is 0.0697. The monoisotopic (exact) mass is 351 g/mol. The highest BCUT2D eigenvalue weighted by Gasteiger charge is 2.14. The number of rotatable bonds is 5. The van der Waals surface area contributed by atoms with Crippen LogP contribution in [-0.2, 0) is 6.61 Å². The van der Waals surface area contributed by atoms with Gasteiger partial charge in [-0.15, -0.1) is 0 Å². The Labute approximate surface area is 130 Å². The van der Waals surface area contributed by atoms with Crippen molar-refractivity contribution in [2.75, 3.05) is 12.8 Å². The number of anilines is 1. The lowest BCUT2D eigenvalue weighted by atomic mass is 10.1. The number of aromatic carboxylic acids is 1. The van der Waals surface area contributed by atoms with Crippen LogP contribution in [0, 0.1) is 0 Å². The maximum atomic E-state index is 11.1. The third kappa shape index (κ3) is 3.66. The first-order chi connectivity index (χ1) is 10.0. The zero-order valence-electron chi connectivity index (χ0n) is 11.3. The van der Waals surface area contributed by atoms with Gasteiger partial charge in [-0.1, -0.05) is 28.1 Å². The Morgan fingerprint density at radius 2 is 1.90 bits per heavy atom. The third-order valence-electron chi connectivity index (χ3n) is 2.87. The van der Waals surface area contributed by atoms with Crippen molar-refractivity contribution in [2.24, 2.45) is 0 Å². The summed E-state index contributed by atoms with van der Waals surface area (Å²) in [6.07, 6.45) is 0. The summed E-state index contributed by atoms with van der Waals surface area (Å²) in [5, 5.41) is 9.09. The van der Waals surface area contributed by atoms with E-state index in [1.807, 2.05) is 24.3 Å². The zero-order chi connectivity index (χ0) is 15.4. The van der Waals surface area contributed by atoms with E-state index < -0.39 is 5.97 Å². The molecule has 0 unspecified atom stereocenters. The quantitative estimate of drug-likeness (QED) is 0.807. The molecular formula is C15H14BrNO4. The molecule has 2 aromatic carbocycles. The van der Waals surface area contributed by atoms with E-state index in [9.17, 15) is 4.79 Å². The van der Waals surface area contributed by atoms with E-state index >= 15 is 0 Å². The van der Waals surface area contributed by atoms with E-state index in [0.29, 0.717) is 18.1 Å². The minimum atomic E-state index is -1.11. The minimum Gasteiger partial charge on any atom is -0.493 e. The molecule has 0 aliphatic carbocycles. The minimum absolute atomic E-state index is 0.0124. The highest BCUT2D eigenvalue weighted by Crippen LogP contribution is 2.32. The van der Waals surface area contributed by atoms with Crippen molar-refractivity contribution < 1.29 is 19.4 Å². The summed E-state index contributed by atoms with van der Waals surface area (Å²) in [6, 6.07) is 10.4. The van der Waals surface area contributed by atoms with Crippen molar-refractivity contribution in [3.05, 3.63) is 52.0 Å². The van der Waals surface area contributed by atoms with E-state index in [-0.39, 0.29) is 11.3 Å². The highest BCUT2D eigenvalue weighted by molar-refractivity contribution is 9.10. The fraction of sp³-hybridized carbons (Fsp3) is 0.133. The SMILES string of the molecule is COc1cc(N)c(C(=O)O)cc1OCc1ccc(Br)cc1. The number of benzene rings is 2. The molecule has 110 valence electrons. The summed E-state index contributed by atoms with van der Waals surface area (Å²) in [4.78, 5) is 11.1. The Kier molecular flexibility index (Phi) is 4.70. The average Bonchev–Trinajstić information content (AvgIpc) is 2.46. The Balaban J connectivity index is 2.23. The van der Waals surface area contributed by atoms with Crippen LogP contribution in [0.5, 0.6) is 11.5 Å². The summed E-state index contributed by atoms with van der Waals surface area (Å²) in [6.45, 7) is 0.298. The van der Waals surface area contributed by atoms with Crippen LogP contribution in [-0.4, -0.2) is 18.2 Å². The zero-order valence-corrected chi connectivity index (χ0v) is 12.9. The van der Waals surface area contributed by atoms with E-state index in [1.54, 1.807) is 0 Å². The van der Waals surface area contributed by atoms with Gasteiger partial charge in [0.05, 0.1) is 18.4 Å². The van der Waals surface area contributed by atoms with Crippen molar-refractivity contribution >= 4 is 27.6 Å². The van der Waals surface area contributed by atoms with Gasteiger partial charge in [-0.05, 0) is 17.7 Å². The predicted molar refractivity (Wildman–Crippen MR) is 82.8 cm³/mol. The van der Waals surface area contributed by atoms with Crippen LogP contribution in [0.3, 0.4) is 0 Å². The van der Waals surface area contributed by atoms with E-state index in [0.717, 1.165) is 10.0 Å². The van der Waals surface area contributed by atoms with Gasteiger partial charge < -0.3 is 20.3 Å². The lowest BCUT2D eigenvalue weighted by Gasteiger charge is -2.13. The second-order valence-corrected chi connectivity index (χ2v) is 5.23. The number of halogens is 1. The smallest absolute Gasteiger partial charge is 0.337 e. The number of methoxy groups -OCH3 is 1. The predicted octanol–water partition coefficient (Wildman–Crippen LogP) is 3.32. The number of carboxylic acid groups (broad SMARTS) is 1. The van der Waals surface area contributed by atoms with Crippen LogP contribution in [0.1, 0.15) is 15.9 Å². The number of nitrogen functional groups attached to an aromatic ring is 1. The molecule has 0 heterocycles. The highest BCUT2D eigenvalue weighted by atomic mass is 79.9. The van der Waals surface area contributed by atoms with Gasteiger partial charge in [-0.25, -0.2) is 4.79 Å². The Hall–Kier alpha value is -2.21. The fourth-order valence-corrected chi connectivity index (χ4v) is 2.04. The molecule has 0 bridgehead atoms. The molecule has 6 heteroatoms. The number of carbonyl (C=O) groups is 1. The lowest BCUT2D eigenvalue weighted by Crippen LogP contribution is -2.05. The van der Waals surface area contributed by atoms with Gasteiger partial charge in [0, 0.05) is 16.6 Å². The summed E-state index contributed by atoms with van der Waals surface area (Å²) < 4.78 is 11.8. The van der Waals surface area contributed by atoms with Crippen molar-refractivity contribution in [3.63, 3.8) is 0 Å². The van der Waals surface area contributed by atoms with Crippen LogP contribution in [0.15, 0.2) is 40.9 Å². The molecule has 3 N–H and O–H groups in total. The van der Waals surface area contributed by atoms with Gasteiger partial charge in [0.2, 0.25) is 0 Å². The summed E-state index contributed by atoms with van der Waals surface area (Å²) in [7, 11) is 1.47. The van der Waals surface area contributed by atoms with E-state index in [4.69, 9.17) is 20.3 Å². The van der Waals surface area contributed by atoms with Gasteiger partial charge in [-0.3, -0.25) is 0 Å². The Bertz CT molecular complexity index is 655. The number of nitrogens with two attached hydrogens (primary N) is 1. The second-order valence-electron chi connectivity index (χ2n) is 4.31. The molecule has 0 aliphatic heterocycles. The van der Waals surface area contributed by atoms with Crippen LogP contribution in [0.25, 0.3) is 0 Å². The maximum Gasteiger partial charge on any atom is 0.337 e. The Morgan fingerprint density at radius 1 is 1.24 bits per heavy atom. The molecule has 0 radical (unpaired) electrons. The van der Waals surface area contributed by atoms with Crippen molar-refractivity contribution in [2.45, 2.75) is 6.61 Å². The van der Waals surface area contributed by atoms with Crippen LogP contribution >= 0.6 is 15.9 Å². The molecule has 0 aromatic heterocycles. The maximum absolute atomic E-state index is 11.1. The molecule has 21 heavy (non-hydrogen) atoms. The number of ether oxygens (including phenoxy) is 2. The van der Waals surface area contributed by atoms with Gasteiger partial charge in [0.1, 0.15) is 6.61 Å². The molecule has 0 atom stereocenters. The van der Waals surface area contributed by atoms with E-state index in [1.165, 1.54) is 19.2 Å². The molecule has 0 saturated carbocycles. The van der Waals surface area contributed by atoms with Gasteiger partial charge in [0.15, 0.2) is 11.5 Å². The molecule has 2 aromatic rings. The number of hydrogen-bond acceptors (Lipinski definition) is 4. The van der Waals surface area contributed by atoms with E-state index in [2.05, 4.69) is 15.9 Å². The first-order valence-electron chi connectivity index (χ1n) is 6.09. The molecule has 0 amide bonds. The van der Waals surface area contributed by atoms with Gasteiger partial charge in [0.25, 0.3) is 0 Å². The topological polar surface area (TPSA) is 81.8 Å². The molecule has 0 saturated heterocycles. The first kappa shape index (κ1) is 15.2. The largest absolute Gasteiger partial charge is 0.493 e. The standard InChI is InChI=1S/C15H14BrNO4/c1-20-13-7-12(17)11(15(18)19)6-14(13)21-8-9-2-4-10(16)5-3-9/h2-7H,8,17H2,1H3,(H,18,19). The molecule has 2 rings (SSSR count). The van der Waals surface area contributed by atoms with Crippen LogP contribution in [0.2, 0.25) is 0 Å². The summed E-state index contributed by atoms with van der Waals surface area (Å²) >= 11 is 3.36. The van der Waals surface area contributed by atoms with Crippen LogP contribution in [0.4, 0.5) is 5.69 Å². The molecular weight excluding hydrogens is 338 g/mol. The molecule has 0 spiro atoms. The Morgan fingerprint density at radius 3 is 2.48 bits per heavy atom. The van der Waals surface area contributed by atoms with Crippen molar-refractivity contribution in [1.82, 2.24) is 0 Å². The fourth-order valence-electron chi connectivity index (χ4n) is 1.77. The molecule has 5 nitrogen and oxygen atoms in total. The summed E-state index contributed by atoms with van der Waals surface area (Å²) in [5.41, 5.74) is 6.74. The third-order valence-corrected chi connectivity index (χ3v) is 3.40. The van der Waals surface area contributed by atoms with Crippen molar-refractivity contribution in [3.8, 4) is 11.5 Å². The van der Waals surface area contributed by atoms with Crippen LogP contribution < -0.4 is 15.2 Å². The van der Waals surface area contributed by atoms with Gasteiger partial charge in [-0.2, -0.15) is 0 Å². The average molecular weight is 352 g/mol. The normalized spacial score (nSPS) is 10.2. The number of carboxylic acids is 1. The molecule has 0 aliphatic rings. The summed E-state index contributed by atoms with van der Waals surface area (Å²) in [5.74, 6) is -0.370. The first-order valence-corrected chi connectivity index (χ1v) is 6.88.